The standard InChI is InChI=1S/C13H15N3O2/c14-8-11-7-12(10-15-9-11)16-3-1-13(2-4-16)17-5-6-18-13/h7,9-10H,1-6H2. The molecule has 0 aliphatic carbocycles. The van der Waals surface area contributed by atoms with Gasteiger partial charge in [-0.3, -0.25) is 4.98 Å². The van der Waals surface area contributed by atoms with Gasteiger partial charge in [0.2, 0.25) is 0 Å². The molecule has 1 spiro atoms. The van der Waals surface area contributed by atoms with Crippen LogP contribution in [-0.2, 0) is 9.47 Å². The lowest BCUT2D eigenvalue weighted by atomic mass is 10.0. The molecule has 2 aliphatic rings. The number of pyridine rings is 1. The molecule has 0 saturated carbocycles. The maximum atomic E-state index is 8.88. The molecule has 0 bridgehead atoms. The quantitative estimate of drug-likeness (QED) is 0.746. The molecule has 2 aliphatic heterocycles. The smallest absolute Gasteiger partial charge is 0.171 e. The van der Waals surface area contributed by atoms with Crippen molar-refractivity contribution in [3.63, 3.8) is 0 Å². The van der Waals surface area contributed by atoms with E-state index in [4.69, 9.17) is 14.7 Å². The first-order valence-corrected chi connectivity index (χ1v) is 6.19. The number of aromatic nitrogens is 1. The lowest BCUT2D eigenvalue weighted by molar-refractivity contribution is -0.169. The van der Waals surface area contributed by atoms with Crippen LogP contribution >= 0.6 is 0 Å². The molecule has 1 aromatic heterocycles. The normalized spacial score (nSPS) is 22.1. The minimum atomic E-state index is -0.350. The summed E-state index contributed by atoms with van der Waals surface area (Å²) < 4.78 is 11.4. The monoisotopic (exact) mass is 245 g/mol. The first-order chi connectivity index (χ1) is 8.81. The largest absolute Gasteiger partial charge is 0.370 e. The summed E-state index contributed by atoms with van der Waals surface area (Å²) in [6.45, 7) is 3.14. The van der Waals surface area contributed by atoms with Crippen molar-refractivity contribution in [3.8, 4) is 6.07 Å². The Morgan fingerprint density at radius 1 is 1.22 bits per heavy atom. The molecule has 94 valence electrons. The average Bonchev–Trinajstić information content (AvgIpc) is 2.88. The molecule has 0 aromatic carbocycles. The summed E-state index contributed by atoms with van der Waals surface area (Å²) >= 11 is 0. The molecule has 0 radical (unpaired) electrons. The summed E-state index contributed by atoms with van der Waals surface area (Å²) in [5, 5.41) is 8.88. The first kappa shape index (κ1) is 11.5. The van der Waals surface area contributed by atoms with E-state index in [1.54, 1.807) is 12.4 Å². The van der Waals surface area contributed by atoms with Crippen molar-refractivity contribution >= 4 is 5.69 Å². The molecule has 3 heterocycles. The Hall–Kier alpha value is -1.64. The van der Waals surface area contributed by atoms with E-state index in [-0.39, 0.29) is 5.79 Å². The number of rotatable bonds is 1. The van der Waals surface area contributed by atoms with Crippen LogP contribution in [-0.4, -0.2) is 37.1 Å². The number of nitriles is 1. The second-order valence-corrected chi connectivity index (χ2v) is 4.64. The lowest BCUT2D eigenvalue weighted by Gasteiger charge is -2.38. The van der Waals surface area contributed by atoms with Crippen molar-refractivity contribution in [1.29, 1.82) is 5.26 Å². The van der Waals surface area contributed by atoms with E-state index in [0.717, 1.165) is 31.6 Å². The van der Waals surface area contributed by atoms with Crippen LogP contribution in [0.1, 0.15) is 18.4 Å². The number of hydrogen-bond donors (Lipinski definition) is 0. The zero-order valence-electron chi connectivity index (χ0n) is 10.1. The third-order valence-electron chi connectivity index (χ3n) is 3.56. The van der Waals surface area contributed by atoms with Crippen LogP contribution in [0.15, 0.2) is 18.5 Å². The Morgan fingerprint density at radius 2 is 1.94 bits per heavy atom. The summed E-state index contributed by atoms with van der Waals surface area (Å²) in [7, 11) is 0. The van der Waals surface area contributed by atoms with Crippen LogP contribution in [0, 0.1) is 11.3 Å². The molecule has 0 unspecified atom stereocenters. The van der Waals surface area contributed by atoms with Gasteiger partial charge in [0.25, 0.3) is 0 Å². The second kappa shape index (κ2) is 4.56. The van der Waals surface area contributed by atoms with E-state index >= 15 is 0 Å². The molecule has 2 fully saturated rings. The highest BCUT2D eigenvalue weighted by atomic mass is 16.7. The second-order valence-electron chi connectivity index (χ2n) is 4.64. The van der Waals surface area contributed by atoms with Crippen molar-refractivity contribution in [2.24, 2.45) is 0 Å². The van der Waals surface area contributed by atoms with Crippen molar-refractivity contribution in [3.05, 3.63) is 24.0 Å². The Morgan fingerprint density at radius 3 is 2.61 bits per heavy atom. The van der Waals surface area contributed by atoms with Gasteiger partial charge in [-0.15, -0.1) is 0 Å². The van der Waals surface area contributed by atoms with Crippen molar-refractivity contribution in [2.75, 3.05) is 31.2 Å². The Labute approximate surface area is 106 Å². The van der Waals surface area contributed by atoms with Crippen LogP contribution in [0.2, 0.25) is 0 Å². The highest BCUT2D eigenvalue weighted by molar-refractivity contribution is 5.49. The van der Waals surface area contributed by atoms with Crippen molar-refractivity contribution in [2.45, 2.75) is 18.6 Å². The maximum Gasteiger partial charge on any atom is 0.171 e. The van der Waals surface area contributed by atoms with E-state index in [9.17, 15) is 0 Å². The molecule has 0 N–H and O–H groups in total. The average molecular weight is 245 g/mol. The molecule has 1 aromatic rings. The number of anilines is 1. The van der Waals surface area contributed by atoms with Gasteiger partial charge >= 0.3 is 0 Å². The van der Waals surface area contributed by atoms with Gasteiger partial charge in [-0.05, 0) is 6.07 Å². The molecule has 0 atom stereocenters. The van der Waals surface area contributed by atoms with E-state index in [1.807, 2.05) is 6.07 Å². The van der Waals surface area contributed by atoms with Crippen molar-refractivity contribution < 1.29 is 9.47 Å². The fraction of sp³-hybridized carbons (Fsp3) is 0.538. The molecule has 5 nitrogen and oxygen atoms in total. The predicted molar refractivity (Wildman–Crippen MR) is 65.0 cm³/mol. The number of hydrogen-bond acceptors (Lipinski definition) is 5. The van der Waals surface area contributed by atoms with Gasteiger partial charge in [0, 0.05) is 32.1 Å². The Kier molecular flexibility index (Phi) is 2.90. The van der Waals surface area contributed by atoms with E-state index in [2.05, 4.69) is 16.0 Å². The molecule has 0 amide bonds. The SMILES string of the molecule is N#Cc1cncc(N2CCC3(CC2)OCCO3)c1. The zero-order chi connectivity index (χ0) is 12.4. The van der Waals surface area contributed by atoms with Crippen LogP contribution < -0.4 is 4.90 Å². The van der Waals surface area contributed by atoms with Gasteiger partial charge in [-0.25, -0.2) is 0 Å². The Balaban J connectivity index is 1.70. The van der Waals surface area contributed by atoms with E-state index < -0.39 is 0 Å². The molecule has 2 saturated heterocycles. The number of nitrogens with zero attached hydrogens (tertiary/aromatic N) is 3. The third-order valence-corrected chi connectivity index (χ3v) is 3.56. The van der Waals surface area contributed by atoms with Crippen LogP contribution in [0.3, 0.4) is 0 Å². The first-order valence-electron chi connectivity index (χ1n) is 6.19. The predicted octanol–water partition coefficient (Wildman–Crippen LogP) is 1.30. The Bertz CT molecular complexity index is 467. The van der Waals surface area contributed by atoms with Crippen LogP contribution in [0.5, 0.6) is 0 Å². The summed E-state index contributed by atoms with van der Waals surface area (Å²) in [5.41, 5.74) is 1.60. The molecule has 18 heavy (non-hydrogen) atoms. The number of ether oxygens (including phenoxy) is 2. The van der Waals surface area contributed by atoms with Crippen molar-refractivity contribution in [1.82, 2.24) is 4.98 Å². The maximum absolute atomic E-state index is 8.88. The summed E-state index contributed by atoms with van der Waals surface area (Å²) in [5.74, 6) is -0.350. The summed E-state index contributed by atoms with van der Waals surface area (Å²) in [6.07, 6.45) is 5.11. The molecule has 5 heteroatoms. The van der Waals surface area contributed by atoms with Crippen LogP contribution in [0.4, 0.5) is 5.69 Å². The highest BCUT2D eigenvalue weighted by Gasteiger charge is 2.39. The minimum Gasteiger partial charge on any atom is -0.370 e. The van der Waals surface area contributed by atoms with Gasteiger partial charge in [-0.1, -0.05) is 0 Å². The minimum absolute atomic E-state index is 0.350. The van der Waals surface area contributed by atoms with Crippen LogP contribution in [0.25, 0.3) is 0 Å². The third kappa shape index (κ3) is 2.05. The molecule has 3 rings (SSSR count). The molecular weight excluding hydrogens is 230 g/mol. The van der Waals surface area contributed by atoms with Gasteiger partial charge in [0.1, 0.15) is 6.07 Å². The fourth-order valence-corrected chi connectivity index (χ4v) is 2.55. The van der Waals surface area contributed by atoms with Gasteiger partial charge < -0.3 is 14.4 Å². The zero-order valence-corrected chi connectivity index (χ0v) is 10.1. The van der Waals surface area contributed by atoms with Gasteiger partial charge in [0.05, 0.1) is 30.7 Å². The topological polar surface area (TPSA) is 58.4 Å². The van der Waals surface area contributed by atoms with E-state index in [0.29, 0.717) is 18.8 Å². The lowest BCUT2D eigenvalue weighted by Crippen LogP contribution is -2.45. The number of piperidine rings is 1. The van der Waals surface area contributed by atoms with Gasteiger partial charge in [0.15, 0.2) is 5.79 Å². The van der Waals surface area contributed by atoms with Gasteiger partial charge in [-0.2, -0.15) is 5.26 Å². The van der Waals surface area contributed by atoms with E-state index in [1.165, 1.54) is 0 Å². The summed E-state index contributed by atoms with van der Waals surface area (Å²) in [4.78, 5) is 6.32. The highest BCUT2D eigenvalue weighted by Crippen LogP contribution is 2.33. The summed E-state index contributed by atoms with van der Waals surface area (Å²) in [6, 6.07) is 3.99. The fourth-order valence-electron chi connectivity index (χ4n) is 2.55. The molecular formula is C13H15N3O2.